The van der Waals surface area contributed by atoms with Crippen molar-refractivity contribution in [3.63, 3.8) is 0 Å². The fourth-order valence-corrected chi connectivity index (χ4v) is 1.17. The Morgan fingerprint density at radius 2 is 1.33 bits per heavy atom. The first-order chi connectivity index (χ1) is 5.75. The molecule has 62 valence electrons. The molecule has 0 aliphatic heterocycles. The van der Waals surface area contributed by atoms with Gasteiger partial charge in [-0.2, -0.15) is 0 Å². The van der Waals surface area contributed by atoms with Crippen LogP contribution in [0, 0.1) is 13.8 Å². The molecule has 0 fully saturated rings. The van der Waals surface area contributed by atoms with Gasteiger partial charge in [0.15, 0.2) is 0 Å². The summed E-state index contributed by atoms with van der Waals surface area (Å²) in [4.78, 5) is 12.6. The van der Waals surface area contributed by atoms with E-state index in [0.29, 0.717) is 0 Å². The van der Waals surface area contributed by atoms with E-state index in [1.165, 1.54) is 0 Å². The van der Waals surface area contributed by atoms with Crippen LogP contribution in [0.1, 0.15) is 11.4 Å². The quantitative estimate of drug-likeness (QED) is 0.607. The lowest BCUT2D eigenvalue weighted by Crippen LogP contribution is -2.09. The highest BCUT2D eigenvalue weighted by atomic mass is 15.0. The Kier molecular flexibility index (Phi) is 1.46. The molecule has 2 aromatic heterocycles. The van der Waals surface area contributed by atoms with E-state index in [2.05, 4.69) is 19.9 Å². The second kappa shape index (κ2) is 2.48. The van der Waals surface area contributed by atoms with E-state index >= 15 is 0 Å². The largest absolute Gasteiger partial charge is 0.368 e. The van der Waals surface area contributed by atoms with Gasteiger partial charge in [0.2, 0.25) is 0 Å². The molecule has 4 N–H and O–H groups in total. The Labute approximate surface area is 70.1 Å². The summed E-state index contributed by atoms with van der Waals surface area (Å²) in [7, 11) is 0. The number of aryl methyl sites for hydroxylation is 2. The summed E-state index contributed by atoms with van der Waals surface area (Å²) in [6.45, 7) is 4.02. The van der Waals surface area contributed by atoms with Crippen LogP contribution >= 0.6 is 0 Å². The van der Waals surface area contributed by atoms with Crippen molar-refractivity contribution in [2.24, 2.45) is 0 Å². The minimum absolute atomic E-state index is 0.973. The molecule has 2 rings (SSSR count). The van der Waals surface area contributed by atoms with Crippen molar-refractivity contribution in [3.05, 3.63) is 23.8 Å². The van der Waals surface area contributed by atoms with Crippen molar-refractivity contribution >= 4 is 0 Å². The Hall–Kier alpha value is -1.58. The van der Waals surface area contributed by atoms with Crippen molar-refractivity contribution < 1.29 is 9.97 Å². The van der Waals surface area contributed by atoms with E-state index in [9.17, 15) is 0 Å². The number of imidazole rings is 2. The predicted molar refractivity (Wildman–Crippen MR) is 43.2 cm³/mol. The van der Waals surface area contributed by atoms with Crippen molar-refractivity contribution in [2.75, 3.05) is 0 Å². The molecule has 4 heteroatoms. The smallest absolute Gasteiger partial charge is 0.236 e. The molecule has 0 aromatic carbocycles. The van der Waals surface area contributed by atoms with Gasteiger partial charge in [-0.05, 0) is 0 Å². The van der Waals surface area contributed by atoms with Gasteiger partial charge in [0, 0.05) is 13.8 Å². The molecule has 0 aliphatic rings. The number of nitrogens with one attached hydrogen (secondary N) is 4. The third-order valence-corrected chi connectivity index (χ3v) is 1.76. The highest BCUT2D eigenvalue weighted by molar-refractivity contribution is 5.33. The molecule has 0 unspecified atom stereocenters. The average Bonchev–Trinajstić information content (AvgIpc) is 2.58. The molecule has 0 bridgehead atoms. The summed E-state index contributed by atoms with van der Waals surface area (Å²) in [6, 6.07) is 0. The van der Waals surface area contributed by atoms with Gasteiger partial charge in [-0.1, -0.05) is 0 Å². The van der Waals surface area contributed by atoms with Crippen LogP contribution in [0.4, 0.5) is 0 Å². The highest BCUT2D eigenvalue weighted by Crippen LogP contribution is 2.03. The van der Waals surface area contributed by atoms with Crippen molar-refractivity contribution in [3.8, 4) is 11.6 Å². The Bertz CT molecular complexity index is 347. The van der Waals surface area contributed by atoms with E-state index in [1.54, 1.807) is 0 Å². The van der Waals surface area contributed by atoms with Crippen LogP contribution in [0.3, 0.4) is 0 Å². The van der Waals surface area contributed by atoms with Crippen LogP contribution in [0.2, 0.25) is 0 Å². The summed E-state index contributed by atoms with van der Waals surface area (Å²) >= 11 is 0. The van der Waals surface area contributed by atoms with Gasteiger partial charge in [-0.15, -0.1) is 0 Å². The standard InChI is InChI=1S/C8H10N4/c1-5-3-9-7(11-5)8-10-4-6(2)12-8/h3-4H,1-2H3,(H,9,11)(H,10,12)/p+2. The molecule has 0 amide bonds. The summed E-state index contributed by atoms with van der Waals surface area (Å²) in [5.74, 6) is 1.95. The van der Waals surface area contributed by atoms with Gasteiger partial charge in [0.25, 0.3) is 0 Å². The van der Waals surface area contributed by atoms with E-state index < -0.39 is 0 Å². The second-order valence-electron chi connectivity index (χ2n) is 2.94. The Morgan fingerprint density at radius 1 is 0.917 bits per heavy atom. The van der Waals surface area contributed by atoms with Crippen LogP contribution in [-0.4, -0.2) is 9.97 Å². The number of aromatic nitrogens is 4. The lowest BCUT2D eigenvalue weighted by Gasteiger charge is -1.74. The van der Waals surface area contributed by atoms with Crippen LogP contribution < -0.4 is 9.97 Å². The maximum absolute atomic E-state index is 3.19. The fraction of sp³-hybridized carbons (Fsp3) is 0.250. The molecule has 0 aliphatic carbocycles. The molecule has 0 atom stereocenters. The topological polar surface area (TPSA) is 59.9 Å². The molecule has 4 nitrogen and oxygen atoms in total. The van der Waals surface area contributed by atoms with Crippen molar-refractivity contribution in [1.29, 1.82) is 0 Å². The van der Waals surface area contributed by atoms with Gasteiger partial charge in [0.1, 0.15) is 23.8 Å². The van der Waals surface area contributed by atoms with Gasteiger partial charge in [-0.25, -0.2) is 19.9 Å². The van der Waals surface area contributed by atoms with Crippen molar-refractivity contribution in [2.45, 2.75) is 13.8 Å². The molecular weight excluding hydrogens is 152 g/mol. The summed E-state index contributed by atoms with van der Waals surface area (Å²) < 4.78 is 0. The first-order valence-electron chi connectivity index (χ1n) is 3.90. The number of hydrogen-bond donors (Lipinski definition) is 2. The van der Waals surface area contributed by atoms with Gasteiger partial charge in [0.05, 0.1) is 0 Å². The molecule has 0 spiro atoms. The van der Waals surface area contributed by atoms with E-state index in [-0.39, 0.29) is 0 Å². The third kappa shape index (κ3) is 1.11. The molecule has 0 saturated carbocycles. The van der Waals surface area contributed by atoms with Gasteiger partial charge in [-0.3, -0.25) is 0 Å². The lowest BCUT2D eigenvalue weighted by atomic mass is 10.5. The maximum Gasteiger partial charge on any atom is 0.368 e. The summed E-state index contributed by atoms with van der Waals surface area (Å²) in [6.07, 6.45) is 3.86. The zero-order valence-corrected chi connectivity index (χ0v) is 7.15. The Morgan fingerprint density at radius 3 is 1.58 bits per heavy atom. The molecule has 0 saturated heterocycles. The average molecular weight is 164 g/mol. The molecular formula is C8H12N4+2. The zero-order valence-electron chi connectivity index (χ0n) is 7.15. The molecule has 0 radical (unpaired) electrons. The number of hydrogen-bond acceptors (Lipinski definition) is 0. The lowest BCUT2D eigenvalue weighted by molar-refractivity contribution is -0.400. The van der Waals surface area contributed by atoms with Gasteiger partial charge < -0.3 is 0 Å². The minimum atomic E-state index is 0.973. The zero-order chi connectivity index (χ0) is 8.55. The maximum atomic E-state index is 3.19. The predicted octanol–water partition coefficient (Wildman–Crippen LogP) is 0.255. The number of rotatable bonds is 1. The van der Waals surface area contributed by atoms with E-state index in [0.717, 1.165) is 23.0 Å². The normalized spacial score (nSPS) is 10.5. The SMILES string of the molecule is Cc1c[nH+]c(-c2[nH]c(C)c[nH+]2)[nH]1. The summed E-state index contributed by atoms with van der Waals surface area (Å²) in [5.41, 5.74) is 2.23. The first-order valence-corrected chi connectivity index (χ1v) is 3.90. The van der Waals surface area contributed by atoms with Gasteiger partial charge >= 0.3 is 11.6 Å². The third-order valence-electron chi connectivity index (χ3n) is 1.76. The highest BCUT2D eigenvalue weighted by Gasteiger charge is 2.16. The van der Waals surface area contributed by atoms with Crippen LogP contribution in [0.25, 0.3) is 11.6 Å². The van der Waals surface area contributed by atoms with Crippen LogP contribution in [0.5, 0.6) is 0 Å². The first kappa shape index (κ1) is 7.09. The van der Waals surface area contributed by atoms with E-state index in [1.807, 2.05) is 26.2 Å². The fourth-order valence-electron chi connectivity index (χ4n) is 1.17. The molecule has 2 aromatic rings. The van der Waals surface area contributed by atoms with Crippen LogP contribution in [-0.2, 0) is 0 Å². The minimum Gasteiger partial charge on any atom is -0.236 e. The Balaban J connectivity index is 2.43. The molecule has 12 heavy (non-hydrogen) atoms. The second-order valence-corrected chi connectivity index (χ2v) is 2.94. The van der Waals surface area contributed by atoms with E-state index in [4.69, 9.17) is 0 Å². The van der Waals surface area contributed by atoms with Crippen molar-refractivity contribution in [1.82, 2.24) is 9.97 Å². The van der Waals surface area contributed by atoms with Crippen LogP contribution in [0.15, 0.2) is 12.4 Å². The number of H-pyrrole nitrogens is 4. The monoisotopic (exact) mass is 164 g/mol. The summed E-state index contributed by atoms with van der Waals surface area (Å²) in [5, 5.41) is 0. The molecule has 2 heterocycles. The number of aromatic amines is 4.